The summed E-state index contributed by atoms with van der Waals surface area (Å²) in [5.74, 6) is 0. The smallest absolute Gasteiger partial charge is 0.0628 e. The Hall–Kier alpha value is -0.760. The van der Waals surface area contributed by atoms with Gasteiger partial charge < -0.3 is 0 Å². The van der Waals surface area contributed by atoms with Crippen molar-refractivity contribution in [3.05, 3.63) is 23.0 Å². The largest absolute Gasteiger partial charge is 0.268 e. The molecule has 0 unspecified atom stereocenters. The van der Waals surface area contributed by atoms with Gasteiger partial charge in [-0.25, -0.2) is 0 Å². The van der Waals surface area contributed by atoms with Crippen molar-refractivity contribution in [1.29, 1.82) is 0 Å². The summed E-state index contributed by atoms with van der Waals surface area (Å²) in [5.41, 5.74) is 3.63. The third-order valence-electron chi connectivity index (χ3n) is 1.56. The molecule has 1 aromatic rings. The van der Waals surface area contributed by atoms with E-state index in [-0.39, 0.29) is 0 Å². The number of rotatable bonds is 2. The summed E-state index contributed by atoms with van der Waals surface area (Å²) in [5, 5.41) is 4.25. The van der Waals surface area contributed by atoms with Crippen molar-refractivity contribution in [2.45, 2.75) is 13.3 Å². The summed E-state index contributed by atoms with van der Waals surface area (Å²) in [7, 11) is 1.91. The summed E-state index contributed by atoms with van der Waals surface area (Å²) >= 11 is 5.44. The van der Waals surface area contributed by atoms with Crippen LogP contribution in [0.4, 0.5) is 0 Å². The van der Waals surface area contributed by atoms with Crippen LogP contribution < -0.4 is 0 Å². The topological polar surface area (TPSA) is 17.8 Å². The van der Waals surface area contributed by atoms with Crippen LogP contribution in [0.2, 0.25) is 0 Å². The van der Waals surface area contributed by atoms with E-state index >= 15 is 0 Å². The van der Waals surface area contributed by atoms with Crippen LogP contribution in [0.3, 0.4) is 0 Å². The number of hydrogen-bond donors (Lipinski definition) is 0. The van der Waals surface area contributed by atoms with E-state index in [2.05, 4.69) is 12.0 Å². The molecule has 2 nitrogen and oxygen atoms in total. The Balaban J connectivity index is 2.97. The molecular weight excluding hydrogens is 160 g/mol. The van der Waals surface area contributed by atoms with Gasteiger partial charge >= 0.3 is 0 Å². The average molecular weight is 171 g/mol. The van der Waals surface area contributed by atoms with E-state index in [1.54, 1.807) is 0 Å². The zero-order valence-electron chi connectivity index (χ0n) is 6.71. The van der Waals surface area contributed by atoms with Crippen molar-refractivity contribution in [2.24, 2.45) is 7.05 Å². The van der Waals surface area contributed by atoms with Crippen LogP contribution in [0.5, 0.6) is 0 Å². The lowest BCUT2D eigenvalue weighted by molar-refractivity contribution is 0.739. The molecule has 1 heterocycles. The fraction of sp³-hybridized carbons (Fsp3) is 0.375. The van der Waals surface area contributed by atoms with Crippen LogP contribution in [-0.4, -0.2) is 9.78 Å². The average Bonchev–Trinajstić information content (AvgIpc) is 2.33. The lowest BCUT2D eigenvalue weighted by atomic mass is 10.3. The molecule has 0 aromatic carbocycles. The molecule has 0 N–H and O–H groups in total. The van der Waals surface area contributed by atoms with Gasteiger partial charge in [-0.15, -0.1) is 0 Å². The van der Waals surface area contributed by atoms with E-state index in [0.29, 0.717) is 0 Å². The van der Waals surface area contributed by atoms with E-state index in [4.69, 9.17) is 11.6 Å². The first kappa shape index (κ1) is 8.34. The molecule has 3 heteroatoms. The molecule has 0 saturated heterocycles. The number of nitrogens with zero attached hydrogens (tertiary/aromatic N) is 2. The molecule has 0 saturated carbocycles. The van der Waals surface area contributed by atoms with Gasteiger partial charge in [0.2, 0.25) is 0 Å². The third-order valence-corrected chi connectivity index (χ3v) is 1.69. The lowest BCUT2D eigenvalue weighted by Gasteiger charge is -1.90. The zero-order chi connectivity index (χ0) is 8.27. The molecule has 1 rings (SSSR count). The van der Waals surface area contributed by atoms with Gasteiger partial charge in [-0.2, -0.15) is 5.10 Å². The predicted molar refractivity (Wildman–Crippen MR) is 47.5 cm³/mol. The molecular formula is C8H11ClN2. The highest BCUT2D eigenvalue weighted by Crippen LogP contribution is 2.05. The molecule has 11 heavy (non-hydrogen) atoms. The lowest BCUT2D eigenvalue weighted by Crippen LogP contribution is -1.93. The van der Waals surface area contributed by atoms with Crippen LogP contribution in [0, 0.1) is 0 Å². The quantitative estimate of drug-likeness (QED) is 0.666. The van der Waals surface area contributed by atoms with Crippen molar-refractivity contribution in [3.63, 3.8) is 0 Å². The highest BCUT2D eigenvalue weighted by atomic mass is 35.5. The Bertz CT molecular complexity index is 263. The molecule has 0 spiro atoms. The Morgan fingerprint density at radius 1 is 1.73 bits per heavy atom. The fourth-order valence-electron chi connectivity index (χ4n) is 0.937. The first-order valence-electron chi connectivity index (χ1n) is 3.57. The maximum Gasteiger partial charge on any atom is 0.0628 e. The number of aryl methyl sites for hydroxylation is 2. The molecule has 0 amide bonds. The standard InChI is InChI=1S/C8H11ClN2/c1-3-7-6-8(4-5-9)11(2)10-7/h4-6H,3H2,1-2H3/b5-4+. The van der Waals surface area contributed by atoms with E-state index < -0.39 is 0 Å². The first-order valence-corrected chi connectivity index (χ1v) is 4.01. The molecule has 0 fully saturated rings. The molecule has 0 aliphatic rings. The highest BCUT2D eigenvalue weighted by Gasteiger charge is 1.98. The SMILES string of the molecule is CCc1cc(/C=C/Cl)n(C)n1. The second-order valence-corrected chi connectivity index (χ2v) is 2.58. The van der Waals surface area contributed by atoms with Crippen LogP contribution in [0.1, 0.15) is 18.3 Å². The molecule has 60 valence electrons. The number of aromatic nitrogens is 2. The van der Waals surface area contributed by atoms with Gasteiger partial charge in [-0.3, -0.25) is 4.68 Å². The van der Waals surface area contributed by atoms with E-state index in [0.717, 1.165) is 17.8 Å². The second-order valence-electron chi connectivity index (χ2n) is 2.33. The van der Waals surface area contributed by atoms with Crippen LogP contribution >= 0.6 is 11.6 Å². The molecule has 0 atom stereocenters. The summed E-state index contributed by atoms with van der Waals surface area (Å²) in [4.78, 5) is 0. The molecule has 0 aliphatic heterocycles. The van der Waals surface area contributed by atoms with Gasteiger partial charge in [-0.05, 0) is 18.6 Å². The Morgan fingerprint density at radius 3 is 2.91 bits per heavy atom. The monoisotopic (exact) mass is 170 g/mol. The molecule has 1 aromatic heterocycles. The second kappa shape index (κ2) is 3.58. The maximum atomic E-state index is 5.44. The van der Waals surface area contributed by atoms with Gasteiger partial charge in [0.1, 0.15) is 0 Å². The van der Waals surface area contributed by atoms with Crippen LogP contribution in [0.25, 0.3) is 6.08 Å². The Morgan fingerprint density at radius 2 is 2.45 bits per heavy atom. The normalized spacial score (nSPS) is 11.2. The summed E-state index contributed by atoms with van der Waals surface area (Å²) in [6.07, 6.45) is 2.79. The maximum absolute atomic E-state index is 5.44. The molecule has 0 aliphatic carbocycles. The van der Waals surface area contributed by atoms with Crippen molar-refractivity contribution < 1.29 is 0 Å². The third kappa shape index (κ3) is 1.84. The minimum Gasteiger partial charge on any atom is -0.268 e. The van der Waals surface area contributed by atoms with E-state index in [9.17, 15) is 0 Å². The predicted octanol–water partition coefficient (Wildman–Crippen LogP) is 2.19. The van der Waals surface area contributed by atoms with Crippen LogP contribution in [-0.2, 0) is 13.5 Å². The zero-order valence-corrected chi connectivity index (χ0v) is 7.47. The minimum absolute atomic E-state index is 0.962. The summed E-state index contributed by atoms with van der Waals surface area (Å²) in [6, 6.07) is 2.03. The van der Waals surface area contributed by atoms with Crippen molar-refractivity contribution >= 4 is 17.7 Å². The number of hydrogen-bond acceptors (Lipinski definition) is 1. The van der Waals surface area contributed by atoms with E-state index in [1.807, 2.05) is 23.9 Å². The Kier molecular flexibility index (Phi) is 2.71. The van der Waals surface area contributed by atoms with Gasteiger partial charge in [0.15, 0.2) is 0 Å². The Labute approximate surface area is 71.5 Å². The highest BCUT2D eigenvalue weighted by molar-refractivity contribution is 6.27. The van der Waals surface area contributed by atoms with Gasteiger partial charge in [0.05, 0.1) is 11.4 Å². The van der Waals surface area contributed by atoms with Crippen molar-refractivity contribution in [3.8, 4) is 0 Å². The van der Waals surface area contributed by atoms with Crippen molar-refractivity contribution in [2.75, 3.05) is 0 Å². The van der Waals surface area contributed by atoms with Crippen molar-refractivity contribution in [1.82, 2.24) is 9.78 Å². The molecule has 0 radical (unpaired) electrons. The summed E-state index contributed by atoms with van der Waals surface area (Å²) in [6.45, 7) is 2.08. The van der Waals surface area contributed by atoms with Gasteiger partial charge in [-0.1, -0.05) is 18.5 Å². The number of halogens is 1. The van der Waals surface area contributed by atoms with Crippen LogP contribution in [0.15, 0.2) is 11.6 Å². The van der Waals surface area contributed by atoms with Gasteiger partial charge in [0.25, 0.3) is 0 Å². The molecule has 0 bridgehead atoms. The first-order chi connectivity index (χ1) is 5.27. The van der Waals surface area contributed by atoms with E-state index in [1.165, 1.54) is 5.54 Å². The minimum atomic E-state index is 0.962. The fourth-order valence-corrected chi connectivity index (χ4v) is 1.07. The van der Waals surface area contributed by atoms with Gasteiger partial charge in [0, 0.05) is 12.6 Å². The summed E-state index contributed by atoms with van der Waals surface area (Å²) < 4.78 is 1.82.